The first-order chi connectivity index (χ1) is 6.81. The molecule has 2 rings (SSSR count). The Labute approximate surface area is 88.2 Å². The predicted molar refractivity (Wildman–Crippen MR) is 62.4 cm³/mol. The normalized spacial score (nSPS) is 10.4. The van der Waals surface area contributed by atoms with Crippen LogP contribution in [0.1, 0.15) is 11.1 Å². The lowest BCUT2D eigenvalue weighted by atomic mass is 10.0. The van der Waals surface area contributed by atoms with Gasteiger partial charge in [-0.1, -0.05) is 24.3 Å². The van der Waals surface area contributed by atoms with Crippen molar-refractivity contribution in [3.8, 4) is 10.4 Å². The van der Waals surface area contributed by atoms with Gasteiger partial charge in [0.25, 0.3) is 0 Å². The average molecular weight is 203 g/mol. The van der Waals surface area contributed by atoms with Crippen LogP contribution in [-0.4, -0.2) is 0 Å². The van der Waals surface area contributed by atoms with Gasteiger partial charge in [0, 0.05) is 11.4 Å². The van der Waals surface area contributed by atoms with Crippen molar-refractivity contribution in [2.75, 3.05) is 0 Å². The van der Waals surface area contributed by atoms with Gasteiger partial charge in [-0.15, -0.1) is 11.3 Å². The zero-order chi connectivity index (χ0) is 9.97. The van der Waals surface area contributed by atoms with Crippen LogP contribution in [0.2, 0.25) is 0 Å². The molecule has 2 aromatic rings. The molecule has 2 N–H and O–H groups in total. The fraction of sp³-hybridized carbons (Fsp3) is 0.167. The Hall–Kier alpha value is -1.12. The van der Waals surface area contributed by atoms with E-state index in [1.54, 1.807) is 11.3 Å². The number of hydrogen-bond acceptors (Lipinski definition) is 2. The van der Waals surface area contributed by atoms with Gasteiger partial charge in [-0.25, -0.2) is 0 Å². The van der Waals surface area contributed by atoms with Crippen LogP contribution in [-0.2, 0) is 6.54 Å². The summed E-state index contributed by atoms with van der Waals surface area (Å²) in [6, 6.07) is 10.6. The monoisotopic (exact) mass is 203 g/mol. The summed E-state index contributed by atoms with van der Waals surface area (Å²) in [6.45, 7) is 2.75. The summed E-state index contributed by atoms with van der Waals surface area (Å²) in [7, 11) is 0. The van der Waals surface area contributed by atoms with Crippen molar-refractivity contribution in [1.82, 2.24) is 0 Å². The van der Waals surface area contributed by atoms with Crippen LogP contribution in [0, 0.1) is 6.92 Å². The second-order valence-electron chi connectivity index (χ2n) is 3.33. The molecule has 0 atom stereocenters. The van der Waals surface area contributed by atoms with E-state index in [4.69, 9.17) is 5.73 Å². The minimum Gasteiger partial charge on any atom is -0.326 e. The van der Waals surface area contributed by atoms with E-state index in [1.165, 1.54) is 21.6 Å². The van der Waals surface area contributed by atoms with Crippen molar-refractivity contribution < 1.29 is 0 Å². The molecule has 0 unspecified atom stereocenters. The van der Waals surface area contributed by atoms with Gasteiger partial charge >= 0.3 is 0 Å². The number of nitrogens with two attached hydrogens (primary N) is 1. The molecule has 0 aliphatic rings. The van der Waals surface area contributed by atoms with Crippen molar-refractivity contribution in [3.05, 3.63) is 46.8 Å². The highest BCUT2D eigenvalue weighted by Gasteiger charge is 2.02. The first-order valence-corrected chi connectivity index (χ1v) is 5.52. The molecular weight excluding hydrogens is 190 g/mol. The molecule has 0 fully saturated rings. The van der Waals surface area contributed by atoms with Crippen LogP contribution in [0.25, 0.3) is 10.4 Å². The smallest absolute Gasteiger partial charge is 0.0345 e. The molecule has 0 saturated heterocycles. The molecule has 0 amide bonds. The maximum Gasteiger partial charge on any atom is 0.0345 e. The molecule has 0 bridgehead atoms. The van der Waals surface area contributed by atoms with Crippen LogP contribution >= 0.6 is 11.3 Å². The van der Waals surface area contributed by atoms with E-state index in [9.17, 15) is 0 Å². The number of hydrogen-bond donors (Lipinski definition) is 1. The van der Waals surface area contributed by atoms with Crippen molar-refractivity contribution >= 4 is 11.3 Å². The number of benzene rings is 1. The van der Waals surface area contributed by atoms with E-state index in [1.807, 2.05) is 0 Å². The molecule has 0 aliphatic heterocycles. The van der Waals surface area contributed by atoms with E-state index in [-0.39, 0.29) is 0 Å². The minimum atomic E-state index is 0.617. The summed E-state index contributed by atoms with van der Waals surface area (Å²) in [5.74, 6) is 0. The molecule has 1 aromatic heterocycles. The maximum absolute atomic E-state index is 5.59. The van der Waals surface area contributed by atoms with E-state index in [2.05, 4.69) is 42.6 Å². The molecule has 1 aromatic carbocycles. The Kier molecular flexibility index (Phi) is 2.66. The molecule has 0 spiro atoms. The molecule has 0 aliphatic carbocycles. The highest BCUT2D eigenvalue weighted by atomic mass is 32.1. The van der Waals surface area contributed by atoms with E-state index in [0.29, 0.717) is 6.54 Å². The van der Waals surface area contributed by atoms with Crippen LogP contribution in [0.5, 0.6) is 0 Å². The lowest BCUT2D eigenvalue weighted by Gasteiger charge is -2.05. The van der Waals surface area contributed by atoms with Gasteiger partial charge in [-0.2, -0.15) is 0 Å². The van der Waals surface area contributed by atoms with Gasteiger partial charge in [0.05, 0.1) is 0 Å². The number of thiophene rings is 1. The summed E-state index contributed by atoms with van der Waals surface area (Å²) in [4.78, 5) is 1.33. The topological polar surface area (TPSA) is 26.0 Å². The quantitative estimate of drug-likeness (QED) is 0.797. The summed E-state index contributed by atoms with van der Waals surface area (Å²) >= 11 is 1.77. The van der Waals surface area contributed by atoms with Crippen molar-refractivity contribution in [2.24, 2.45) is 5.73 Å². The van der Waals surface area contributed by atoms with Gasteiger partial charge < -0.3 is 5.73 Å². The van der Waals surface area contributed by atoms with Gasteiger partial charge in [-0.3, -0.25) is 0 Å². The summed E-state index contributed by atoms with van der Waals surface area (Å²) in [5, 5.41) is 2.10. The SMILES string of the molecule is Cc1cc(CN)ccc1-c1cccs1. The van der Waals surface area contributed by atoms with E-state index < -0.39 is 0 Å². The lowest BCUT2D eigenvalue weighted by molar-refractivity contribution is 1.07. The molecular formula is C12H13NS. The Balaban J connectivity index is 2.46. The minimum absolute atomic E-state index is 0.617. The first kappa shape index (κ1) is 9.44. The fourth-order valence-corrected chi connectivity index (χ4v) is 2.38. The second kappa shape index (κ2) is 3.95. The molecule has 72 valence electrons. The van der Waals surface area contributed by atoms with Crippen LogP contribution < -0.4 is 5.73 Å². The van der Waals surface area contributed by atoms with Gasteiger partial charge in [0.2, 0.25) is 0 Å². The van der Waals surface area contributed by atoms with Crippen molar-refractivity contribution in [2.45, 2.75) is 13.5 Å². The van der Waals surface area contributed by atoms with Gasteiger partial charge in [0.15, 0.2) is 0 Å². The zero-order valence-electron chi connectivity index (χ0n) is 8.16. The van der Waals surface area contributed by atoms with E-state index in [0.717, 1.165) is 0 Å². The maximum atomic E-state index is 5.59. The Morgan fingerprint density at radius 2 is 2.14 bits per heavy atom. The third kappa shape index (κ3) is 1.72. The predicted octanol–water partition coefficient (Wildman–Crippen LogP) is 3.18. The zero-order valence-corrected chi connectivity index (χ0v) is 8.97. The Bertz CT molecular complexity index is 418. The lowest BCUT2D eigenvalue weighted by Crippen LogP contribution is -1.96. The molecule has 2 heteroatoms. The molecule has 0 saturated carbocycles. The molecule has 1 nitrogen and oxygen atoms in total. The van der Waals surface area contributed by atoms with Crippen LogP contribution in [0.3, 0.4) is 0 Å². The average Bonchev–Trinajstić information content (AvgIpc) is 2.70. The van der Waals surface area contributed by atoms with Crippen LogP contribution in [0.15, 0.2) is 35.7 Å². The first-order valence-electron chi connectivity index (χ1n) is 4.65. The number of aryl methyl sites for hydroxylation is 1. The van der Waals surface area contributed by atoms with Crippen molar-refractivity contribution in [3.63, 3.8) is 0 Å². The summed E-state index contributed by atoms with van der Waals surface area (Å²) in [6.07, 6.45) is 0. The highest BCUT2D eigenvalue weighted by molar-refractivity contribution is 7.13. The third-order valence-electron chi connectivity index (χ3n) is 2.31. The summed E-state index contributed by atoms with van der Waals surface area (Å²) in [5.41, 5.74) is 9.41. The third-order valence-corrected chi connectivity index (χ3v) is 3.22. The molecule has 1 heterocycles. The second-order valence-corrected chi connectivity index (χ2v) is 4.28. The number of rotatable bonds is 2. The summed E-state index contributed by atoms with van der Waals surface area (Å²) < 4.78 is 0. The van der Waals surface area contributed by atoms with Gasteiger partial charge in [0.1, 0.15) is 0 Å². The largest absolute Gasteiger partial charge is 0.326 e. The Morgan fingerprint density at radius 1 is 1.29 bits per heavy atom. The van der Waals surface area contributed by atoms with Crippen molar-refractivity contribution in [1.29, 1.82) is 0 Å². The standard InChI is InChI=1S/C12H13NS/c1-9-7-10(8-13)4-5-11(9)12-3-2-6-14-12/h2-7H,8,13H2,1H3. The highest BCUT2D eigenvalue weighted by Crippen LogP contribution is 2.28. The molecule has 0 radical (unpaired) electrons. The van der Waals surface area contributed by atoms with Gasteiger partial charge in [-0.05, 0) is 35.1 Å². The Morgan fingerprint density at radius 3 is 2.71 bits per heavy atom. The van der Waals surface area contributed by atoms with E-state index >= 15 is 0 Å². The fourth-order valence-electron chi connectivity index (χ4n) is 1.56. The molecule has 14 heavy (non-hydrogen) atoms. The van der Waals surface area contributed by atoms with Crippen LogP contribution in [0.4, 0.5) is 0 Å².